The SMILES string of the molecule is CC(=O)N(CCNC(=O)Cc1c[nH]c2ccccc12)Cc1ccccc1Cl. The van der Waals surface area contributed by atoms with E-state index in [1.165, 1.54) is 6.92 Å². The van der Waals surface area contributed by atoms with Gasteiger partial charge < -0.3 is 15.2 Å². The van der Waals surface area contributed by atoms with Crippen molar-refractivity contribution in [2.75, 3.05) is 13.1 Å². The molecule has 0 saturated heterocycles. The number of halogens is 1. The first-order valence-electron chi connectivity index (χ1n) is 8.85. The van der Waals surface area contributed by atoms with E-state index in [0.29, 0.717) is 31.1 Å². The van der Waals surface area contributed by atoms with Gasteiger partial charge in [0.25, 0.3) is 0 Å². The van der Waals surface area contributed by atoms with Crippen LogP contribution in [0, 0.1) is 0 Å². The number of nitrogens with zero attached hydrogens (tertiary/aromatic N) is 1. The molecule has 2 N–H and O–H groups in total. The fourth-order valence-corrected chi connectivity index (χ4v) is 3.22. The maximum absolute atomic E-state index is 12.3. The Labute approximate surface area is 163 Å². The van der Waals surface area contributed by atoms with Gasteiger partial charge in [-0.2, -0.15) is 0 Å². The summed E-state index contributed by atoms with van der Waals surface area (Å²) < 4.78 is 0. The van der Waals surface area contributed by atoms with Gasteiger partial charge in [-0.05, 0) is 23.3 Å². The van der Waals surface area contributed by atoms with Crippen LogP contribution in [0.1, 0.15) is 18.1 Å². The molecule has 0 radical (unpaired) electrons. The van der Waals surface area contributed by atoms with Crippen molar-refractivity contribution in [3.63, 3.8) is 0 Å². The van der Waals surface area contributed by atoms with Gasteiger partial charge in [0.05, 0.1) is 6.42 Å². The average Bonchev–Trinajstić information content (AvgIpc) is 3.05. The number of aromatic amines is 1. The Balaban J connectivity index is 1.53. The van der Waals surface area contributed by atoms with Crippen LogP contribution in [0.25, 0.3) is 10.9 Å². The Morgan fingerprint density at radius 2 is 1.81 bits per heavy atom. The van der Waals surface area contributed by atoms with E-state index < -0.39 is 0 Å². The van der Waals surface area contributed by atoms with Gasteiger partial charge in [0, 0.05) is 48.7 Å². The lowest BCUT2D eigenvalue weighted by molar-refractivity contribution is -0.130. The summed E-state index contributed by atoms with van der Waals surface area (Å²) in [4.78, 5) is 29.0. The van der Waals surface area contributed by atoms with Crippen molar-refractivity contribution < 1.29 is 9.59 Å². The summed E-state index contributed by atoms with van der Waals surface area (Å²) >= 11 is 6.17. The Kier molecular flexibility index (Phi) is 6.14. The van der Waals surface area contributed by atoms with E-state index in [2.05, 4.69) is 10.3 Å². The van der Waals surface area contributed by atoms with Gasteiger partial charge in [0.1, 0.15) is 0 Å². The topological polar surface area (TPSA) is 65.2 Å². The van der Waals surface area contributed by atoms with E-state index in [-0.39, 0.29) is 11.8 Å². The van der Waals surface area contributed by atoms with Crippen molar-refractivity contribution in [1.29, 1.82) is 0 Å². The molecule has 0 aliphatic heterocycles. The second-order valence-corrected chi connectivity index (χ2v) is 6.83. The molecule has 0 spiro atoms. The van der Waals surface area contributed by atoms with Crippen molar-refractivity contribution in [3.05, 3.63) is 70.9 Å². The number of rotatable bonds is 7. The monoisotopic (exact) mass is 383 g/mol. The van der Waals surface area contributed by atoms with Crippen molar-refractivity contribution in [3.8, 4) is 0 Å². The van der Waals surface area contributed by atoms with Crippen LogP contribution in [-0.2, 0) is 22.6 Å². The minimum absolute atomic E-state index is 0.0548. The highest BCUT2D eigenvalue weighted by atomic mass is 35.5. The number of fused-ring (bicyclic) bond motifs is 1. The zero-order chi connectivity index (χ0) is 19.2. The molecular formula is C21H22ClN3O2. The van der Waals surface area contributed by atoms with E-state index in [0.717, 1.165) is 22.0 Å². The van der Waals surface area contributed by atoms with Gasteiger partial charge in [-0.1, -0.05) is 48.0 Å². The van der Waals surface area contributed by atoms with Crippen LogP contribution in [0.15, 0.2) is 54.7 Å². The van der Waals surface area contributed by atoms with Crippen LogP contribution in [-0.4, -0.2) is 34.8 Å². The van der Waals surface area contributed by atoms with Crippen molar-refractivity contribution >= 4 is 34.3 Å². The number of carbonyl (C=O) groups excluding carboxylic acids is 2. The van der Waals surface area contributed by atoms with Gasteiger partial charge in [-0.3, -0.25) is 9.59 Å². The van der Waals surface area contributed by atoms with Gasteiger partial charge in [0.15, 0.2) is 0 Å². The molecule has 1 aromatic heterocycles. The van der Waals surface area contributed by atoms with Crippen molar-refractivity contribution in [2.45, 2.75) is 19.9 Å². The lowest BCUT2D eigenvalue weighted by Gasteiger charge is -2.22. The second-order valence-electron chi connectivity index (χ2n) is 6.42. The third-order valence-corrected chi connectivity index (χ3v) is 4.86. The number of H-pyrrole nitrogens is 1. The molecule has 5 nitrogen and oxygen atoms in total. The van der Waals surface area contributed by atoms with E-state index in [1.54, 1.807) is 11.0 Å². The Bertz CT molecular complexity index is 951. The van der Waals surface area contributed by atoms with E-state index in [4.69, 9.17) is 11.6 Å². The number of nitrogens with one attached hydrogen (secondary N) is 2. The van der Waals surface area contributed by atoms with E-state index in [1.807, 2.05) is 48.7 Å². The number of hydrogen-bond acceptors (Lipinski definition) is 2. The zero-order valence-electron chi connectivity index (χ0n) is 15.2. The van der Waals surface area contributed by atoms with Crippen molar-refractivity contribution in [2.24, 2.45) is 0 Å². The first-order chi connectivity index (χ1) is 13.0. The number of benzene rings is 2. The van der Waals surface area contributed by atoms with E-state index in [9.17, 15) is 9.59 Å². The summed E-state index contributed by atoms with van der Waals surface area (Å²) in [6.07, 6.45) is 2.16. The number of hydrogen-bond donors (Lipinski definition) is 2. The summed E-state index contributed by atoms with van der Waals surface area (Å²) in [6, 6.07) is 15.3. The molecule has 3 aromatic rings. The highest BCUT2D eigenvalue weighted by Crippen LogP contribution is 2.18. The Morgan fingerprint density at radius 3 is 2.59 bits per heavy atom. The van der Waals surface area contributed by atoms with E-state index >= 15 is 0 Å². The molecule has 6 heteroatoms. The largest absolute Gasteiger partial charge is 0.361 e. The molecule has 140 valence electrons. The van der Waals surface area contributed by atoms with Crippen LogP contribution in [0.3, 0.4) is 0 Å². The smallest absolute Gasteiger partial charge is 0.224 e. The molecule has 1 heterocycles. The molecular weight excluding hydrogens is 362 g/mol. The lowest BCUT2D eigenvalue weighted by atomic mass is 10.1. The highest BCUT2D eigenvalue weighted by Gasteiger charge is 2.13. The molecule has 0 aliphatic rings. The van der Waals surface area contributed by atoms with Gasteiger partial charge >= 0.3 is 0 Å². The van der Waals surface area contributed by atoms with Gasteiger partial charge in [-0.25, -0.2) is 0 Å². The summed E-state index contributed by atoms with van der Waals surface area (Å²) in [7, 11) is 0. The van der Waals surface area contributed by atoms with Crippen LogP contribution in [0.2, 0.25) is 5.02 Å². The summed E-state index contributed by atoms with van der Waals surface area (Å²) in [5.74, 6) is -0.123. The highest BCUT2D eigenvalue weighted by molar-refractivity contribution is 6.31. The predicted octanol–water partition coefficient (Wildman–Crippen LogP) is 3.53. The minimum atomic E-state index is -0.0685. The third-order valence-electron chi connectivity index (χ3n) is 4.49. The minimum Gasteiger partial charge on any atom is -0.361 e. The normalized spacial score (nSPS) is 10.7. The fourth-order valence-electron chi connectivity index (χ4n) is 3.02. The molecule has 27 heavy (non-hydrogen) atoms. The van der Waals surface area contributed by atoms with Crippen LogP contribution >= 0.6 is 11.6 Å². The Morgan fingerprint density at radius 1 is 1.07 bits per heavy atom. The summed E-state index contributed by atoms with van der Waals surface area (Å²) in [5.41, 5.74) is 2.87. The number of amides is 2. The molecule has 0 aliphatic carbocycles. The Hall–Kier alpha value is -2.79. The quantitative estimate of drug-likeness (QED) is 0.655. The molecule has 0 saturated carbocycles. The van der Waals surface area contributed by atoms with Crippen LogP contribution < -0.4 is 5.32 Å². The standard InChI is InChI=1S/C21H22ClN3O2/c1-15(26)25(14-16-6-2-4-8-19(16)22)11-10-23-21(27)12-17-13-24-20-9-5-3-7-18(17)20/h2-9,13,24H,10-12,14H2,1H3,(H,23,27). The van der Waals surface area contributed by atoms with Gasteiger partial charge in [-0.15, -0.1) is 0 Å². The maximum Gasteiger partial charge on any atom is 0.224 e. The molecule has 0 unspecified atom stereocenters. The molecule has 2 amide bonds. The summed E-state index contributed by atoms with van der Waals surface area (Å²) in [5, 5.41) is 4.58. The zero-order valence-corrected chi connectivity index (χ0v) is 15.9. The predicted molar refractivity (Wildman–Crippen MR) is 108 cm³/mol. The number of aromatic nitrogens is 1. The molecule has 0 fully saturated rings. The average molecular weight is 384 g/mol. The fraction of sp³-hybridized carbons (Fsp3) is 0.238. The third kappa shape index (κ3) is 4.89. The molecule has 2 aromatic carbocycles. The first kappa shape index (κ1) is 19.0. The van der Waals surface area contributed by atoms with Crippen LogP contribution in [0.5, 0.6) is 0 Å². The van der Waals surface area contributed by atoms with Gasteiger partial charge in [0.2, 0.25) is 11.8 Å². The first-order valence-corrected chi connectivity index (χ1v) is 9.23. The maximum atomic E-state index is 12.3. The second kappa shape index (κ2) is 8.73. The van der Waals surface area contributed by atoms with Crippen molar-refractivity contribution in [1.82, 2.24) is 15.2 Å². The number of para-hydroxylation sites is 1. The number of carbonyl (C=O) groups is 2. The van der Waals surface area contributed by atoms with Crippen LogP contribution in [0.4, 0.5) is 0 Å². The molecule has 3 rings (SSSR count). The lowest BCUT2D eigenvalue weighted by Crippen LogP contribution is -2.37. The summed E-state index contributed by atoms with van der Waals surface area (Å²) in [6.45, 7) is 2.77. The molecule has 0 atom stereocenters. The molecule has 0 bridgehead atoms.